The van der Waals surface area contributed by atoms with Crippen molar-refractivity contribution >= 4 is 10.9 Å². The Balaban J connectivity index is 1.64. The van der Waals surface area contributed by atoms with Gasteiger partial charge in [0.1, 0.15) is 30.2 Å². The minimum absolute atomic E-state index is 0.477. The van der Waals surface area contributed by atoms with Crippen molar-refractivity contribution in [1.29, 1.82) is 0 Å². The smallest absolute Gasteiger partial charge is 0.229 e. The highest BCUT2D eigenvalue weighted by molar-refractivity contribution is 5.89. The maximum atomic E-state index is 10.3. The summed E-state index contributed by atoms with van der Waals surface area (Å²) in [6.45, 7) is 1.45. The van der Waals surface area contributed by atoms with Crippen LogP contribution in [0.4, 0.5) is 0 Å². The van der Waals surface area contributed by atoms with Crippen LogP contribution in [0.5, 0.6) is 5.75 Å². The molecule has 0 spiro atoms. The van der Waals surface area contributed by atoms with E-state index in [4.69, 9.17) is 9.47 Å². The SMILES string of the molecule is Cc1cc2c(O[C@@H]3O[C@H](CO)[C@H](O)[C@H](O)[C@H]3O)ccc(Cc3ccccc3)c2[nH]1. The minimum Gasteiger partial charge on any atom is -0.461 e. The first-order chi connectivity index (χ1) is 14.0. The standard InChI is InChI=1S/C22H25NO6/c1-12-9-15-16(28-22-21(27)20(26)19(25)17(11-24)29-22)8-7-14(18(15)23-12)10-13-5-3-2-4-6-13/h2-9,17,19-27H,10-11H2,1H3/t17-,19+,20+,21-,22-/m1/s1. The van der Waals surface area contributed by atoms with E-state index in [-0.39, 0.29) is 0 Å². The molecule has 0 unspecified atom stereocenters. The first-order valence-corrected chi connectivity index (χ1v) is 9.60. The molecule has 1 fully saturated rings. The van der Waals surface area contributed by atoms with Crippen LogP contribution in [0.2, 0.25) is 0 Å². The number of benzene rings is 2. The molecule has 2 aromatic carbocycles. The normalized spacial score (nSPS) is 27.3. The highest BCUT2D eigenvalue weighted by Crippen LogP contribution is 2.33. The lowest BCUT2D eigenvalue weighted by Gasteiger charge is -2.39. The van der Waals surface area contributed by atoms with Gasteiger partial charge in [0.25, 0.3) is 0 Å². The summed E-state index contributed by atoms with van der Waals surface area (Å²) >= 11 is 0. The number of rotatable bonds is 5. The second kappa shape index (κ2) is 8.14. The van der Waals surface area contributed by atoms with Gasteiger partial charge in [0.15, 0.2) is 0 Å². The zero-order valence-electron chi connectivity index (χ0n) is 16.0. The minimum atomic E-state index is -1.48. The van der Waals surface area contributed by atoms with E-state index in [1.165, 1.54) is 5.56 Å². The highest BCUT2D eigenvalue weighted by atomic mass is 16.7. The lowest BCUT2D eigenvalue weighted by Crippen LogP contribution is -2.60. The summed E-state index contributed by atoms with van der Waals surface area (Å²) in [5.41, 5.74) is 4.16. The van der Waals surface area contributed by atoms with Gasteiger partial charge in [0.05, 0.1) is 12.1 Å². The van der Waals surface area contributed by atoms with Crippen LogP contribution in [-0.2, 0) is 11.2 Å². The van der Waals surface area contributed by atoms with Crippen molar-refractivity contribution in [2.75, 3.05) is 6.61 Å². The summed E-state index contributed by atoms with van der Waals surface area (Å²) in [6.07, 6.45) is -5.84. The van der Waals surface area contributed by atoms with Gasteiger partial charge in [0, 0.05) is 11.1 Å². The predicted octanol–water partition coefficient (Wildman–Crippen LogP) is 1.25. The molecule has 7 nitrogen and oxygen atoms in total. The van der Waals surface area contributed by atoms with Gasteiger partial charge in [-0.1, -0.05) is 36.4 Å². The van der Waals surface area contributed by atoms with E-state index in [9.17, 15) is 20.4 Å². The Labute approximate surface area is 168 Å². The van der Waals surface area contributed by atoms with Crippen molar-refractivity contribution in [2.24, 2.45) is 0 Å². The van der Waals surface area contributed by atoms with Gasteiger partial charge in [-0.15, -0.1) is 0 Å². The molecule has 5 atom stereocenters. The van der Waals surface area contributed by atoms with Crippen LogP contribution in [0.25, 0.3) is 10.9 Å². The third kappa shape index (κ3) is 3.88. The highest BCUT2D eigenvalue weighted by Gasteiger charge is 2.44. The Kier molecular flexibility index (Phi) is 5.58. The average Bonchev–Trinajstić information content (AvgIpc) is 3.13. The molecule has 1 saturated heterocycles. The van der Waals surface area contributed by atoms with Crippen molar-refractivity contribution < 1.29 is 29.9 Å². The van der Waals surface area contributed by atoms with Gasteiger partial charge in [-0.25, -0.2) is 0 Å². The Bertz CT molecular complexity index is 970. The summed E-state index contributed by atoms with van der Waals surface area (Å²) in [5, 5.41) is 40.4. The van der Waals surface area contributed by atoms with E-state index in [2.05, 4.69) is 17.1 Å². The number of ether oxygens (including phenoxy) is 2. The summed E-state index contributed by atoms with van der Waals surface area (Å²) in [5.74, 6) is 0.477. The second-order valence-electron chi connectivity index (χ2n) is 7.44. The molecule has 0 saturated carbocycles. The fourth-order valence-corrected chi connectivity index (χ4v) is 3.74. The van der Waals surface area contributed by atoms with Crippen LogP contribution < -0.4 is 4.74 Å². The van der Waals surface area contributed by atoms with E-state index < -0.39 is 37.3 Å². The molecule has 0 amide bonds. The molecule has 1 aromatic heterocycles. The largest absolute Gasteiger partial charge is 0.461 e. The average molecular weight is 399 g/mol. The first-order valence-electron chi connectivity index (χ1n) is 9.60. The summed E-state index contributed by atoms with van der Waals surface area (Å²) < 4.78 is 11.3. The van der Waals surface area contributed by atoms with Gasteiger partial charge in [-0.3, -0.25) is 0 Å². The van der Waals surface area contributed by atoms with Crippen LogP contribution >= 0.6 is 0 Å². The number of aromatic nitrogens is 1. The molecule has 2 heterocycles. The number of H-pyrrole nitrogens is 1. The van der Waals surface area contributed by atoms with Crippen molar-refractivity contribution in [3.8, 4) is 5.75 Å². The number of fused-ring (bicyclic) bond motifs is 1. The number of nitrogens with one attached hydrogen (secondary N) is 1. The third-order valence-corrected chi connectivity index (χ3v) is 5.30. The molecule has 1 aliphatic rings. The lowest BCUT2D eigenvalue weighted by atomic mass is 9.99. The topological polar surface area (TPSA) is 115 Å². The number of aryl methyl sites for hydroxylation is 1. The van der Waals surface area contributed by atoms with E-state index in [1.807, 2.05) is 37.3 Å². The fraction of sp³-hybridized carbons (Fsp3) is 0.364. The van der Waals surface area contributed by atoms with Gasteiger partial charge in [0.2, 0.25) is 6.29 Å². The summed E-state index contributed by atoms with van der Waals surface area (Å²) in [7, 11) is 0. The molecule has 1 aliphatic heterocycles. The molecular formula is C22H25NO6. The molecule has 0 radical (unpaired) electrons. The van der Waals surface area contributed by atoms with Crippen LogP contribution in [0, 0.1) is 6.92 Å². The summed E-state index contributed by atoms with van der Waals surface area (Å²) in [6, 6.07) is 15.8. The summed E-state index contributed by atoms with van der Waals surface area (Å²) in [4.78, 5) is 3.36. The zero-order valence-corrected chi connectivity index (χ0v) is 16.0. The molecule has 154 valence electrons. The molecule has 3 aromatic rings. The maximum Gasteiger partial charge on any atom is 0.229 e. The Morgan fingerprint density at radius 3 is 2.48 bits per heavy atom. The number of aliphatic hydroxyl groups is 4. The first kappa shape index (κ1) is 19.9. The fourth-order valence-electron chi connectivity index (χ4n) is 3.74. The van der Waals surface area contributed by atoms with E-state index in [0.29, 0.717) is 5.75 Å². The van der Waals surface area contributed by atoms with E-state index >= 15 is 0 Å². The van der Waals surface area contributed by atoms with E-state index in [0.717, 1.165) is 28.6 Å². The van der Waals surface area contributed by atoms with Crippen molar-refractivity contribution in [1.82, 2.24) is 4.98 Å². The van der Waals surface area contributed by atoms with Crippen LogP contribution in [0.3, 0.4) is 0 Å². The van der Waals surface area contributed by atoms with Crippen LogP contribution in [-0.4, -0.2) is 62.7 Å². The second-order valence-corrected chi connectivity index (χ2v) is 7.44. The van der Waals surface area contributed by atoms with Gasteiger partial charge in [-0.2, -0.15) is 0 Å². The lowest BCUT2D eigenvalue weighted by molar-refractivity contribution is -0.277. The molecule has 5 N–H and O–H groups in total. The van der Waals surface area contributed by atoms with Crippen LogP contribution in [0.1, 0.15) is 16.8 Å². The molecular weight excluding hydrogens is 374 g/mol. The van der Waals surface area contributed by atoms with Crippen molar-refractivity contribution in [3.05, 3.63) is 65.4 Å². The zero-order chi connectivity index (χ0) is 20.5. The van der Waals surface area contributed by atoms with Crippen molar-refractivity contribution in [2.45, 2.75) is 44.1 Å². The van der Waals surface area contributed by atoms with Gasteiger partial charge < -0.3 is 34.9 Å². The molecule has 29 heavy (non-hydrogen) atoms. The maximum absolute atomic E-state index is 10.3. The predicted molar refractivity (Wildman–Crippen MR) is 107 cm³/mol. The number of aromatic amines is 1. The Morgan fingerprint density at radius 2 is 1.76 bits per heavy atom. The number of aliphatic hydroxyl groups excluding tert-OH is 4. The van der Waals surface area contributed by atoms with E-state index in [1.54, 1.807) is 6.07 Å². The van der Waals surface area contributed by atoms with Gasteiger partial charge >= 0.3 is 0 Å². The number of hydrogen-bond acceptors (Lipinski definition) is 6. The Hall–Kier alpha value is -2.42. The quantitative estimate of drug-likeness (QED) is 0.441. The third-order valence-electron chi connectivity index (χ3n) is 5.30. The molecule has 0 aliphatic carbocycles. The molecule has 0 bridgehead atoms. The molecule has 7 heteroatoms. The van der Waals surface area contributed by atoms with Crippen LogP contribution in [0.15, 0.2) is 48.5 Å². The monoisotopic (exact) mass is 399 g/mol. The molecule has 4 rings (SSSR count). The Morgan fingerprint density at radius 1 is 1.00 bits per heavy atom. The van der Waals surface area contributed by atoms with Crippen molar-refractivity contribution in [3.63, 3.8) is 0 Å². The van der Waals surface area contributed by atoms with Gasteiger partial charge in [-0.05, 0) is 36.6 Å². The number of hydrogen-bond donors (Lipinski definition) is 5.